The van der Waals surface area contributed by atoms with E-state index in [9.17, 15) is 0 Å². The van der Waals surface area contributed by atoms with Crippen LogP contribution in [0.25, 0.3) is 43.8 Å². The summed E-state index contributed by atoms with van der Waals surface area (Å²) in [6.07, 6.45) is 6.70. The second-order valence-corrected chi connectivity index (χ2v) is 15.0. The lowest BCUT2D eigenvalue weighted by Crippen LogP contribution is -2.26. The van der Waals surface area contributed by atoms with E-state index in [-0.39, 0.29) is 0 Å². The van der Waals surface area contributed by atoms with Gasteiger partial charge in [-0.15, -0.1) is 0 Å². The molecule has 11 rings (SSSR count). The van der Waals surface area contributed by atoms with E-state index in [1.807, 2.05) is 0 Å². The van der Waals surface area contributed by atoms with Crippen LogP contribution in [0.3, 0.4) is 0 Å². The molecule has 0 saturated heterocycles. The molecule has 0 bridgehead atoms. The summed E-state index contributed by atoms with van der Waals surface area (Å²) in [5.41, 5.74) is 15.5. The van der Waals surface area contributed by atoms with Crippen LogP contribution < -0.4 is 4.90 Å². The average molecular weight is 666 g/mol. The minimum Gasteiger partial charge on any atom is -0.310 e. The Kier molecular flexibility index (Phi) is 6.61. The number of hydrogen-bond donors (Lipinski definition) is 0. The molecule has 1 heteroatoms. The fourth-order valence-electron chi connectivity index (χ4n) is 10.2. The molecule has 1 saturated carbocycles. The molecule has 1 spiro atoms. The minimum absolute atomic E-state index is 0.423. The monoisotopic (exact) mass is 665 g/mol. The Morgan fingerprint density at radius 3 is 1.67 bits per heavy atom. The maximum atomic E-state index is 2.43. The third-order valence-corrected chi connectivity index (χ3v) is 12.4. The van der Waals surface area contributed by atoms with Crippen molar-refractivity contribution >= 4 is 38.6 Å². The number of hydrogen-bond acceptors (Lipinski definition) is 1. The smallest absolute Gasteiger partial charge is 0.0737 e. The van der Waals surface area contributed by atoms with Gasteiger partial charge in [0.1, 0.15) is 0 Å². The molecule has 0 atom stereocenters. The van der Waals surface area contributed by atoms with Crippen LogP contribution in [0.5, 0.6) is 0 Å². The SMILES string of the molecule is c1ccc(N(c2ccc(C3CCCCC3)cc2)c2ccc3c4c(ccc3c2)-c2ccc3ccccc3c2C42c3ccccc3-c3ccccc32)cc1. The van der Waals surface area contributed by atoms with Crippen molar-refractivity contribution in [3.63, 3.8) is 0 Å². The molecule has 1 fully saturated rings. The van der Waals surface area contributed by atoms with E-state index < -0.39 is 5.41 Å². The molecule has 0 unspecified atom stereocenters. The first-order chi connectivity index (χ1) is 25.8. The van der Waals surface area contributed by atoms with Crippen molar-refractivity contribution in [2.24, 2.45) is 0 Å². The van der Waals surface area contributed by atoms with Gasteiger partial charge in [0, 0.05) is 17.1 Å². The molecule has 8 aromatic carbocycles. The number of nitrogens with zero attached hydrogens (tertiary/aromatic N) is 1. The van der Waals surface area contributed by atoms with E-state index in [2.05, 4.69) is 175 Å². The van der Waals surface area contributed by atoms with Gasteiger partial charge in [-0.05, 0) is 127 Å². The molecule has 3 aliphatic carbocycles. The summed E-state index contributed by atoms with van der Waals surface area (Å²) < 4.78 is 0. The van der Waals surface area contributed by atoms with E-state index in [1.54, 1.807) is 0 Å². The molecule has 0 heterocycles. The van der Waals surface area contributed by atoms with Gasteiger partial charge in [0.15, 0.2) is 0 Å². The van der Waals surface area contributed by atoms with Crippen LogP contribution in [0.15, 0.2) is 170 Å². The average Bonchev–Trinajstić information content (AvgIpc) is 3.69. The fraction of sp³-hybridized carbons (Fsp3) is 0.137. The predicted molar refractivity (Wildman–Crippen MR) is 218 cm³/mol. The topological polar surface area (TPSA) is 3.24 Å². The maximum Gasteiger partial charge on any atom is 0.0737 e. The van der Waals surface area contributed by atoms with Crippen LogP contribution in [0, 0.1) is 0 Å². The Bertz CT molecular complexity index is 2620. The molecule has 248 valence electrons. The van der Waals surface area contributed by atoms with Gasteiger partial charge in [0.2, 0.25) is 0 Å². The summed E-state index contributed by atoms with van der Waals surface area (Å²) in [6.45, 7) is 0. The number of para-hydroxylation sites is 1. The largest absolute Gasteiger partial charge is 0.310 e. The second kappa shape index (κ2) is 11.6. The fourth-order valence-corrected chi connectivity index (χ4v) is 10.2. The van der Waals surface area contributed by atoms with Crippen molar-refractivity contribution in [2.45, 2.75) is 43.4 Å². The van der Waals surface area contributed by atoms with Crippen LogP contribution in [-0.2, 0) is 5.41 Å². The van der Waals surface area contributed by atoms with Gasteiger partial charge in [-0.25, -0.2) is 0 Å². The van der Waals surface area contributed by atoms with Gasteiger partial charge in [-0.3, -0.25) is 0 Å². The van der Waals surface area contributed by atoms with Gasteiger partial charge in [0.25, 0.3) is 0 Å². The van der Waals surface area contributed by atoms with Gasteiger partial charge in [-0.2, -0.15) is 0 Å². The lowest BCUT2D eigenvalue weighted by molar-refractivity contribution is 0.443. The van der Waals surface area contributed by atoms with Gasteiger partial charge < -0.3 is 4.90 Å². The van der Waals surface area contributed by atoms with Crippen molar-refractivity contribution in [3.05, 3.63) is 198 Å². The highest BCUT2D eigenvalue weighted by molar-refractivity contribution is 6.09. The molecule has 52 heavy (non-hydrogen) atoms. The van der Waals surface area contributed by atoms with Crippen LogP contribution in [0.1, 0.15) is 65.8 Å². The van der Waals surface area contributed by atoms with Crippen molar-refractivity contribution in [1.29, 1.82) is 0 Å². The first-order valence-electron chi connectivity index (χ1n) is 19.0. The minimum atomic E-state index is -0.423. The summed E-state index contributed by atoms with van der Waals surface area (Å²) in [7, 11) is 0. The molecule has 0 aliphatic heterocycles. The van der Waals surface area contributed by atoms with E-state index in [0.29, 0.717) is 5.92 Å². The molecular formula is C51H39N. The molecule has 8 aromatic rings. The molecule has 0 aromatic heterocycles. The second-order valence-electron chi connectivity index (χ2n) is 15.0. The van der Waals surface area contributed by atoms with Gasteiger partial charge >= 0.3 is 0 Å². The standard InChI is InChI=1S/C51H39N/c1-3-13-34(14-4-1)35-23-27-39(28-24-35)52(38-16-5-2-6-17-38)40-29-32-42-37(33-40)26-31-46-45-30-25-36-15-7-8-18-41(36)49(45)51(50(42)46)47-21-11-9-19-43(47)44-20-10-12-22-48(44)51/h2,5-12,15-34H,1,3-4,13-14H2. The normalized spacial score (nSPS) is 15.4. The number of rotatable bonds is 4. The third kappa shape index (κ3) is 4.17. The van der Waals surface area contributed by atoms with Crippen LogP contribution in [0.2, 0.25) is 0 Å². The molecule has 1 nitrogen and oxygen atoms in total. The molecule has 0 amide bonds. The Morgan fingerprint density at radius 2 is 0.962 bits per heavy atom. The summed E-state index contributed by atoms with van der Waals surface area (Å²) in [5, 5.41) is 5.19. The van der Waals surface area contributed by atoms with Crippen LogP contribution in [-0.4, -0.2) is 0 Å². The highest BCUT2D eigenvalue weighted by Gasteiger charge is 2.53. The predicted octanol–water partition coefficient (Wildman–Crippen LogP) is 13.9. The Balaban J connectivity index is 1.15. The zero-order chi connectivity index (χ0) is 34.2. The lowest BCUT2D eigenvalue weighted by Gasteiger charge is -2.32. The first kappa shape index (κ1) is 29.8. The highest BCUT2D eigenvalue weighted by atomic mass is 15.1. The summed E-state index contributed by atoms with van der Waals surface area (Å²) in [6, 6.07) is 64.2. The zero-order valence-electron chi connectivity index (χ0n) is 29.2. The maximum absolute atomic E-state index is 2.43. The molecule has 3 aliphatic rings. The lowest BCUT2D eigenvalue weighted by atomic mass is 9.68. The molecule has 0 N–H and O–H groups in total. The van der Waals surface area contributed by atoms with Gasteiger partial charge in [-0.1, -0.05) is 153 Å². The van der Waals surface area contributed by atoms with Crippen molar-refractivity contribution in [1.82, 2.24) is 0 Å². The number of fused-ring (bicyclic) bond motifs is 14. The first-order valence-corrected chi connectivity index (χ1v) is 19.0. The van der Waals surface area contributed by atoms with E-state index >= 15 is 0 Å². The van der Waals surface area contributed by atoms with Crippen molar-refractivity contribution < 1.29 is 0 Å². The molecular weight excluding hydrogens is 627 g/mol. The van der Waals surface area contributed by atoms with Crippen LogP contribution >= 0.6 is 0 Å². The van der Waals surface area contributed by atoms with E-state index in [0.717, 1.165) is 0 Å². The summed E-state index contributed by atoms with van der Waals surface area (Å²) in [5.74, 6) is 0.690. The Morgan fingerprint density at radius 1 is 0.404 bits per heavy atom. The van der Waals surface area contributed by atoms with Gasteiger partial charge in [0.05, 0.1) is 5.41 Å². The Labute approximate surface area is 305 Å². The third-order valence-electron chi connectivity index (χ3n) is 12.4. The van der Waals surface area contributed by atoms with E-state index in [4.69, 9.17) is 0 Å². The summed E-state index contributed by atoms with van der Waals surface area (Å²) in [4.78, 5) is 2.43. The van der Waals surface area contributed by atoms with E-state index in [1.165, 1.54) is 121 Å². The number of benzene rings is 8. The van der Waals surface area contributed by atoms with Crippen molar-refractivity contribution in [2.75, 3.05) is 4.90 Å². The molecule has 0 radical (unpaired) electrons. The number of anilines is 3. The van der Waals surface area contributed by atoms with Crippen LogP contribution in [0.4, 0.5) is 17.1 Å². The quantitative estimate of drug-likeness (QED) is 0.181. The zero-order valence-corrected chi connectivity index (χ0v) is 29.2. The summed E-state index contributed by atoms with van der Waals surface area (Å²) >= 11 is 0. The Hall–Kier alpha value is -5.92. The highest BCUT2D eigenvalue weighted by Crippen LogP contribution is 2.65. The van der Waals surface area contributed by atoms with Crippen molar-refractivity contribution in [3.8, 4) is 22.3 Å².